The molecular formula is C11H11FN2. The van der Waals surface area contributed by atoms with Crippen LogP contribution < -0.4 is 11.1 Å². The second-order valence-corrected chi connectivity index (χ2v) is 3.16. The standard InChI is InChI=1S/C11H11FN2/c1-14-10-6-8(13)5-7-3-2-4-9(12)11(7)10/h2-6,14H,13H2,1H3. The van der Waals surface area contributed by atoms with E-state index in [2.05, 4.69) is 5.32 Å². The number of anilines is 2. The van der Waals surface area contributed by atoms with Crippen molar-refractivity contribution in [2.75, 3.05) is 18.1 Å². The summed E-state index contributed by atoms with van der Waals surface area (Å²) in [4.78, 5) is 0. The van der Waals surface area contributed by atoms with Gasteiger partial charge in [0.25, 0.3) is 0 Å². The van der Waals surface area contributed by atoms with Crippen molar-refractivity contribution < 1.29 is 4.39 Å². The molecule has 0 heterocycles. The maximum Gasteiger partial charge on any atom is 0.133 e. The van der Waals surface area contributed by atoms with Crippen molar-refractivity contribution in [1.82, 2.24) is 0 Å². The molecule has 0 aliphatic rings. The Labute approximate surface area is 81.5 Å². The van der Waals surface area contributed by atoms with Crippen LogP contribution in [0.5, 0.6) is 0 Å². The van der Waals surface area contributed by atoms with Gasteiger partial charge in [-0.25, -0.2) is 4.39 Å². The zero-order valence-electron chi connectivity index (χ0n) is 7.84. The van der Waals surface area contributed by atoms with Crippen molar-refractivity contribution in [2.45, 2.75) is 0 Å². The maximum absolute atomic E-state index is 13.5. The van der Waals surface area contributed by atoms with Gasteiger partial charge in [0.15, 0.2) is 0 Å². The number of halogens is 1. The molecule has 3 heteroatoms. The highest BCUT2D eigenvalue weighted by Crippen LogP contribution is 2.28. The normalized spacial score (nSPS) is 10.4. The number of benzene rings is 2. The van der Waals surface area contributed by atoms with Crippen LogP contribution in [-0.4, -0.2) is 7.05 Å². The van der Waals surface area contributed by atoms with Crippen LogP contribution in [0.15, 0.2) is 30.3 Å². The molecule has 2 rings (SSSR count). The van der Waals surface area contributed by atoms with Gasteiger partial charge in [-0.05, 0) is 23.6 Å². The van der Waals surface area contributed by atoms with Crippen LogP contribution in [-0.2, 0) is 0 Å². The van der Waals surface area contributed by atoms with Crippen molar-refractivity contribution in [3.05, 3.63) is 36.1 Å². The lowest BCUT2D eigenvalue weighted by atomic mass is 10.1. The summed E-state index contributed by atoms with van der Waals surface area (Å²) in [5.41, 5.74) is 7.04. The van der Waals surface area contributed by atoms with E-state index in [1.54, 1.807) is 25.2 Å². The van der Waals surface area contributed by atoms with Gasteiger partial charge >= 0.3 is 0 Å². The van der Waals surface area contributed by atoms with Gasteiger partial charge in [-0.15, -0.1) is 0 Å². The zero-order chi connectivity index (χ0) is 10.1. The first-order valence-electron chi connectivity index (χ1n) is 4.38. The molecule has 2 aromatic carbocycles. The Bertz CT molecular complexity index is 480. The number of nitrogens with one attached hydrogen (secondary N) is 1. The Morgan fingerprint density at radius 2 is 2.07 bits per heavy atom. The average molecular weight is 190 g/mol. The van der Waals surface area contributed by atoms with Crippen LogP contribution >= 0.6 is 0 Å². The van der Waals surface area contributed by atoms with Gasteiger partial charge in [0.05, 0.1) is 0 Å². The van der Waals surface area contributed by atoms with Crippen molar-refractivity contribution in [3.8, 4) is 0 Å². The molecule has 0 fully saturated rings. The first-order chi connectivity index (χ1) is 6.72. The van der Waals surface area contributed by atoms with Crippen LogP contribution in [0.3, 0.4) is 0 Å². The van der Waals surface area contributed by atoms with Gasteiger partial charge in [0.2, 0.25) is 0 Å². The van der Waals surface area contributed by atoms with E-state index in [9.17, 15) is 4.39 Å². The highest BCUT2D eigenvalue weighted by atomic mass is 19.1. The first kappa shape index (κ1) is 8.81. The lowest BCUT2D eigenvalue weighted by molar-refractivity contribution is 0.640. The number of rotatable bonds is 1. The molecule has 0 aliphatic carbocycles. The highest BCUT2D eigenvalue weighted by Gasteiger charge is 2.05. The van der Waals surface area contributed by atoms with E-state index in [1.165, 1.54) is 6.07 Å². The van der Waals surface area contributed by atoms with Crippen LogP contribution in [0.1, 0.15) is 0 Å². The largest absolute Gasteiger partial charge is 0.399 e. The minimum absolute atomic E-state index is 0.230. The summed E-state index contributed by atoms with van der Waals surface area (Å²) in [6, 6.07) is 8.45. The fourth-order valence-electron chi connectivity index (χ4n) is 1.60. The molecule has 0 unspecified atom stereocenters. The van der Waals surface area contributed by atoms with E-state index >= 15 is 0 Å². The highest BCUT2D eigenvalue weighted by molar-refractivity contribution is 5.96. The van der Waals surface area contributed by atoms with Crippen LogP contribution in [0, 0.1) is 5.82 Å². The molecule has 0 aliphatic heterocycles. The molecule has 2 aromatic rings. The summed E-state index contributed by atoms with van der Waals surface area (Å²) in [6.45, 7) is 0. The SMILES string of the molecule is CNc1cc(N)cc2cccc(F)c12. The molecule has 0 spiro atoms. The Morgan fingerprint density at radius 3 is 2.79 bits per heavy atom. The molecule has 3 N–H and O–H groups in total. The molecule has 0 radical (unpaired) electrons. The van der Waals surface area contributed by atoms with Gasteiger partial charge in [-0.2, -0.15) is 0 Å². The summed E-state index contributed by atoms with van der Waals surface area (Å²) in [6.07, 6.45) is 0. The fourth-order valence-corrected chi connectivity index (χ4v) is 1.60. The van der Waals surface area contributed by atoms with Crippen molar-refractivity contribution in [3.63, 3.8) is 0 Å². The van der Waals surface area contributed by atoms with Crippen LogP contribution in [0.2, 0.25) is 0 Å². The summed E-state index contributed by atoms with van der Waals surface area (Å²) in [5, 5.41) is 4.33. The number of hydrogen-bond acceptors (Lipinski definition) is 2. The maximum atomic E-state index is 13.5. The molecule has 0 saturated carbocycles. The van der Waals surface area contributed by atoms with E-state index in [0.717, 1.165) is 11.1 Å². The Morgan fingerprint density at radius 1 is 1.29 bits per heavy atom. The molecule has 14 heavy (non-hydrogen) atoms. The van der Waals surface area contributed by atoms with E-state index in [4.69, 9.17) is 5.73 Å². The smallest absolute Gasteiger partial charge is 0.133 e. The zero-order valence-corrected chi connectivity index (χ0v) is 7.84. The predicted molar refractivity (Wildman–Crippen MR) is 57.9 cm³/mol. The summed E-state index contributed by atoms with van der Waals surface area (Å²) in [7, 11) is 1.75. The predicted octanol–water partition coefficient (Wildman–Crippen LogP) is 2.60. The van der Waals surface area contributed by atoms with Crippen LogP contribution in [0.4, 0.5) is 15.8 Å². The molecular weight excluding hydrogens is 179 g/mol. The molecule has 0 saturated heterocycles. The van der Waals surface area contributed by atoms with Gasteiger partial charge in [0, 0.05) is 23.8 Å². The summed E-state index contributed by atoms with van der Waals surface area (Å²) >= 11 is 0. The van der Waals surface area contributed by atoms with E-state index in [-0.39, 0.29) is 5.82 Å². The minimum Gasteiger partial charge on any atom is -0.399 e. The third-order valence-electron chi connectivity index (χ3n) is 2.22. The minimum atomic E-state index is -0.230. The number of hydrogen-bond donors (Lipinski definition) is 2. The third-order valence-corrected chi connectivity index (χ3v) is 2.22. The quantitative estimate of drug-likeness (QED) is 0.678. The number of nitrogens with two attached hydrogens (primary N) is 1. The molecule has 0 atom stereocenters. The lowest BCUT2D eigenvalue weighted by Crippen LogP contribution is -1.94. The molecule has 0 bridgehead atoms. The topological polar surface area (TPSA) is 38.0 Å². The molecule has 2 nitrogen and oxygen atoms in total. The molecule has 72 valence electrons. The second-order valence-electron chi connectivity index (χ2n) is 3.16. The van der Waals surface area contributed by atoms with Gasteiger partial charge in [-0.3, -0.25) is 0 Å². The monoisotopic (exact) mass is 190 g/mol. The molecule has 0 aromatic heterocycles. The van der Waals surface area contributed by atoms with E-state index in [0.29, 0.717) is 11.1 Å². The lowest BCUT2D eigenvalue weighted by Gasteiger charge is -2.08. The number of fused-ring (bicyclic) bond motifs is 1. The fraction of sp³-hybridized carbons (Fsp3) is 0.0909. The Hall–Kier alpha value is -1.77. The van der Waals surface area contributed by atoms with Crippen molar-refractivity contribution in [1.29, 1.82) is 0 Å². The van der Waals surface area contributed by atoms with Crippen molar-refractivity contribution >= 4 is 22.1 Å². The van der Waals surface area contributed by atoms with E-state index < -0.39 is 0 Å². The summed E-state index contributed by atoms with van der Waals surface area (Å²) < 4.78 is 13.5. The van der Waals surface area contributed by atoms with Gasteiger partial charge in [-0.1, -0.05) is 12.1 Å². The summed E-state index contributed by atoms with van der Waals surface area (Å²) in [5.74, 6) is -0.230. The second kappa shape index (κ2) is 3.18. The first-order valence-corrected chi connectivity index (χ1v) is 4.38. The van der Waals surface area contributed by atoms with E-state index in [1.807, 2.05) is 6.07 Å². The van der Waals surface area contributed by atoms with Gasteiger partial charge < -0.3 is 11.1 Å². The number of nitrogen functional groups attached to an aromatic ring is 1. The Balaban J connectivity index is 2.88. The van der Waals surface area contributed by atoms with Crippen LogP contribution in [0.25, 0.3) is 10.8 Å². The molecule has 0 amide bonds. The van der Waals surface area contributed by atoms with Crippen molar-refractivity contribution in [2.24, 2.45) is 0 Å². The third kappa shape index (κ3) is 1.27. The van der Waals surface area contributed by atoms with Gasteiger partial charge in [0.1, 0.15) is 5.82 Å². The Kier molecular flexibility index (Phi) is 2.00. The average Bonchev–Trinajstić information content (AvgIpc) is 2.16.